The average Bonchev–Trinajstić information content (AvgIpc) is 2.18. The van der Waals surface area contributed by atoms with Crippen LogP contribution in [0.3, 0.4) is 0 Å². The number of ether oxygens (including phenoxy) is 1. The van der Waals surface area contributed by atoms with Crippen LogP contribution < -0.4 is 11.1 Å². The fourth-order valence-electron chi connectivity index (χ4n) is 1.56. The van der Waals surface area contributed by atoms with Crippen LogP contribution in [0.1, 0.15) is 19.3 Å². The molecular weight excluding hydrogens is 212 g/mol. The first-order chi connectivity index (χ1) is 7.17. The average molecular weight is 232 g/mol. The maximum atomic E-state index is 11.6. The number of thioether (sulfide) groups is 1. The zero-order valence-electron chi connectivity index (χ0n) is 9.36. The molecule has 1 fully saturated rings. The van der Waals surface area contributed by atoms with Crippen LogP contribution in [-0.2, 0) is 9.53 Å². The van der Waals surface area contributed by atoms with Crippen LogP contribution in [0.15, 0.2) is 0 Å². The third-order valence-corrected chi connectivity index (χ3v) is 3.39. The highest BCUT2D eigenvalue weighted by Gasteiger charge is 2.30. The van der Waals surface area contributed by atoms with Crippen molar-refractivity contribution < 1.29 is 9.53 Å². The van der Waals surface area contributed by atoms with E-state index < -0.39 is 0 Å². The molecule has 1 aliphatic rings. The Morgan fingerprint density at radius 1 is 1.67 bits per heavy atom. The van der Waals surface area contributed by atoms with Crippen LogP contribution in [0.5, 0.6) is 0 Å². The van der Waals surface area contributed by atoms with E-state index in [0.29, 0.717) is 6.10 Å². The standard InChI is InChI=1S/C10H20N2O2S/c1-14-8-5-7(6-8)12-10(13)9(11)3-4-15-2/h7-9H,3-6,11H2,1-2H3,(H,12,13)/t7?,8?,9-/m0/s1. The van der Waals surface area contributed by atoms with Gasteiger partial charge in [-0.15, -0.1) is 0 Å². The van der Waals surface area contributed by atoms with Crippen molar-refractivity contribution >= 4 is 17.7 Å². The summed E-state index contributed by atoms with van der Waals surface area (Å²) in [7, 11) is 1.70. The van der Waals surface area contributed by atoms with Crippen molar-refractivity contribution in [2.24, 2.45) is 5.73 Å². The van der Waals surface area contributed by atoms with Gasteiger partial charge in [-0.3, -0.25) is 4.79 Å². The number of hydrogen-bond donors (Lipinski definition) is 2. The molecule has 5 heteroatoms. The van der Waals surface area contributed by atoms with E-state index in [1.54, 1.807) is 18.9 Å². The van der Waals surface area contributed by atoms with Gasteiger partial charge in [0.2, 0.25) is 5.91 Å². The van der Waals surface area contributed by atoms with Gasteiger partial charge in [-0.25, -0.2) is 0 Å². The lowest BCUT2D eigenvalue weighted by Gasteiger charge is -2.35. The van der Waals surface area contributed by atoms with Crippen LogP contribution in [0.4, 0.5) is 0 Å². The highest BCUT2D eigenvalue weighted by Crippen LogP contribution is 2.22. The summed E-state index contributed by atoms with van der Waals surface area (Å²) in [5.41, 5.74) is 5.74. The predicted octanol–water partition coefficient (Wildman–Crippen LogP) is 0.360. The fraction of sp³-hybridized carbons (Fsp3) is 0.900. The SMILES string of the molecule is COC1CC(NC(=O)[C@@H](N)CCSC)C1. The van der Waals surface area contributed by atoms with Crippen molar-refractivity contribution in [2.75, 3.05) is 19.1 Å². The summed E-state index contributed by atoms with van der Waals surface area (Å²) in [5, 5.41) is 2.94. The molecule has 0 saturated heterocycles. The monoisotopic (exact) mass is 232 g/mol. The number of hydrogen-bond acceptors (Lipinski definition) is 4. The Morgan fingerprint density at radius 3 is 2.87 bits per heavy atom. The highest BCUT2D eigenvalue weighted by molar-refractivity contribution is 7.98. The second-order valence-corrected chi connectivity index (χ2v) is 4.91. The van der Waals surface area contributed by atoms with Gasteiger partial charge in [0.1, 0.15) is 0 Å². The minimum Gasteiger partial charge on any atom is -0.381 e. The summed E-state index contributed by atoms with van der Waals surface area (Å²) in [5.74, 6) is 0.906. The molecule has 1 rings (SSSR count). The lowest BCUT2D eigenvalue weighted by molar-refractivity contribution is -0.124. The fourth-order valence-corrected chi connectivity index (χ4v) is 2.05. The Morgan fingerprint density at radius 2 is 2.33 bits per heavy atom. The summed E-state index contributed by atoms with van der Waals surface area (Å²) in [6, 6.07) is -0.0955. The minimum atomic E-state index is -0.362. The van der Waals surface area contributed by atoms with Gasteiger partial charge in [-0.2, -0.15) is 11.8 Å². The van der Waals surface area contributed by atoms with Gasteiger partial charge < -0.3 is 15.8 Å². The third-order valence-electron chi connectivity index (χ3n) is 2.74. The van der Waals surface area contributed by atoms with Crippen LogP contribution in [0.2, 0.25) is 0 Å². The molecule has 4 nitrogen and oxygen atoms in total. The number of carbonyl (C=O) groups excluding carboxylic acids is 1. The first kappa shape index (κ1) is 12.8. The van der Waals surface area contributed by atoms with E-state index >= 15 is 0 Å². The van der Waals surface area contributed by atoms with E-state index in [2.05, 4.69) is 5.32 Å². The van der Waals surface area contributed by atoms with E-state index in [1.165, 1.54) is 0 Å². The van der Waals surface area contributed by atoms with Crippen LogP contribution >= 0.6 is 11.8 Å². The number of nitrogens with one attached hydrogen (secondary N) is 1. The minimum absolute atomic E-state index is 0.0244. The Labute approximate surface area is 95.3 Å². The van der Waals surface area contributed by atoms with Crippen LogP contribution in [-0.4, -0.2) is 43.2 Å². The maximum absolute atomic E-state index is 11.6. The normalized spacial score (nSPS) is 26.9. The first-order valence-electron chi connectivity index (χ1n) is 5.25. The van der Waals surface area contributed by atoms with E-state index in [0.717, 1.165) is 25.0 Å². The topological polar surface area (TPSA) is 64.3 Å². The number of carbonyl (C=O) groups is 1. The van der Waals surface area contributed by atoms with Crippen LogP contribution in [0, 0.1) is 0 Å². The zero-order chi connectivity index (χ0) is 11.3. The summed E-state index contributed by atoms with van der Waals surface area (Å²) in [6.45, 7) is 0. The van der Waals surface area contributed by atoms with Gasteiger partial charge in [-0.05, 0) is 31.3 Å². The summed E-state index contributed by atoms with van der Waals surface area (Å²) in [6.07, 6.45) is 4.90. The molecule has 0 aliphatic heterocycles. The molecular formula is C10H20N2O2S. The number of methoxy groups -OCH3 is 1. The van der Waals surface area contributed by atoms with E-state index in [4.69, 9.17) is 10.5 Å². The zero-order valence-corrected chi connectivity index (χ0v) is 10.2. The molecule has 1 saturated carbocycles. The van der Waals surface area contributed by atoms with Crippen LogP contribution in [0.25, 0.3) is 0 Å². The molecule has 88 valence electrons. The van der Waals surface area contributed by atoms with Crippen molar-refractivity contribution in [1.29, 1.82) is 0 Å². The third kappa shape index (κ3) is 4.01. The van der Waals surface area contributed by atoms with E-state index in [1.807, 2.05) is 6.26 Å². The Hall–Kier alpha value is -0.260. The Kier molecular flexibility index (Phi) is 5.42. The molecule has 3 N–H and O–H groups in total. The van der Waals surface area contributed by atoms with Gasteiger partial charge in [0.25, 0.3) is 0 Å². The Bertz CT molecular complexity index is 208. The molecule has 0 aromatic heterocycles. The smallest absolute Gasteiger partial charge is 0.237 e. The van der Waals surface area contributed by atoms with Gasteiger partial charge >= 0.3 is 0 Å². The van der Waals surface area contributed by atoms with Crippen molar-refractivity contribution in [3.05, 3.63) is 0 Å². The van der Waals surface area contributed by atoms with Gasteiger partial charge in [-0.1, -0.05) is 0 Å². The predicted molar refractivity (Wildman–Crippen MR) is 62.9 cm³/mol. The molecule has 0 aromatic rings. The molecule has 0 spiro atoms. The summed E-state index contributed by atoms with van der Waals surface area (Å²) in [4.78, 5) is 11.6. The maximum Gasteiger partial charge on any atom is 0.237 e. The molecule has 0 heterocycles. The molecule has 0 bridgehead atoms. The molecule has 0 unspecified atom stereocenters. The number of nitrogens with two attached hydrogens (primary N) is 1. The van der Waals surface area contributed by atoms with Gasteiger partial charge in [0.05, 0.1) is 12.1 Å². The number of rotatable bonds is 6. The van der Waals surface area contributed by atoms with Crippen molar-refractivity contribution in [3.8, 4) is 0 Å². The molecule has 1 atom stereocenters. The number of amides is 1. The van der Waals surface area contributed by atoms with Crippen molar-refractivity contribution in [1.82, 2.24) is 5.32 Å². The largest absolute Gasteiger partial charge is 0.381 e. The molecule has 0 aromatic carbocycles. The quantitative estimate of drug-likeness (QED) is 0.694. The van der Waals surface area contributed by atoms with E-state index in [9.17, 15) is 4.79 Å². The Balaban J connectivity index is 2.13. The van der Waals surface area contributed by atoms with Gasteiger partial charge in [0.15, 0.2) is 0 Å². The molecule has 0 radical (unpaired) electrons. The highest BCUT2D eigenvalue weighted by atomic mass is 32.2. The summed E-state index contributed by atoms with van der Waals surface area (Å²) >= 11 is 1.71. The summed E-state index contributed by atoms with van der Waals surface area (Å²) < 4.78 is 5.14. The molecule has 1 amide bonds. The second-order valence-electron chi connectivity index (χ2n) is 3.92. The van der Waals surface area contributed by atoms with Crippen molar-refractivity contribution in [3.63, 3.8) is 0 Å². The lowest BCUT2D eigenvalue weighted by atomic mass is 9.89. The lowest BCUT2D eigenvalue weighted by Crippen LogP contribution is -2.52. The van der Waals surface area contributed by atoms with Gasteiger partial charge in [0, 0.05) is 13.2 Å². The molecule has 1 aliphatic carbocycles. The first-order valence-corrected chi connectivity index (χ1v) is 6.64. The molecule has 15 heavy (non-hydrogen) atoms. The second kappa shape index (κ2) is 6.35. The van der Waals surface area contributed by atoms with Crippen molar-refractivity contribution in [2.45, 2.75) is 37.5 Å². The van der Waals surface area contributed by atoms with E-state index in [-0.39, 0.29) is 18.0 Å².